The second kappa shape index (κ2) is 9.90. The maximum atomic E-state index is 13.2. The number of hydrogen-bond donors (Lipinski definition) is 1. The van der Waals surface area contributed by atoms with Crippen molar-refractivity contribution in [2.75, 3.05) is 26.2 Å². The van der Waals surface area contributed by atoms with Crippen LogP contribution in [0, 0.1) is 0 Å². The van der Waals surface area contributed by atoms with Crippen molar-refractivity contribution < 1.29 is 9.59 Å². The van der Waals surface area contributed by atoms with Crippen LogP contribution < -0.4 is 5.32 Å². The first-order chi connectivity index (χ1) is 14.7. The van der Waals surface area contributed by atoms with E-state index in [9.17, 15) is 9.59 Å². The Hall–Kier alpha value is -2.66. The number of benzene rings is 2. The molecule has 1 atom stereocenters. The Morgan fingerprint density at radius 3 is 2.50 bits per heavy atom. The number of rotatable bonds is 7. The lowest BCUT2D eigenvalue weighted by molar-refractivity contribution is -0.142. The molecule has 0 saturated carbocycles. The molecule has 2 amide bonds. The van der Waals surface area contributed by atoms with E-state index in [1.807, 2.05) is 54.6 Å². The molecular formula is C25H31N3O2. The summed E-state index contributed by atoms with van der Waals surface area (Å²) in [5.74, 6) is -0.0731. The molecule has 1 fully saturated rings. The maximum absolute atomic E-state index is 13.2. The fraction of sp³-hybridized carbons (Fsp3) is 0.440. The van der Waals surface area contributed by atoms with Crippen LogP contribution in [0.15, 0.2) is 54.6 Å². The van der Waals surface area contributed by atoms with Gasteiger partial charge < -0.3 is 15.1 Å². The van der Waals surface area contributed by atoms with Crippen molar-refractivity contribution in [3.05, 3.63) is 71.3 Å². The van der Waals surface area contributed by atoms with Gasteiger partial charge in [0.1, 0.15) is 6.04 Å². The normalized spacial score (nSPS) is 19.4. The Bertz CT molecular complexity index is 862. The molecule has 0 radical (unpaired) electrons. The summed E-state index contributed by atoms with van der Waals surface area (Å²) in [6, 6.07) is 17.2. The highest BCUT2D eigenvalue weighted by molar-refractivity contribution is 5.92. The Kier molecular flexibility index (Phi) is 6.80. The third-order valence-electron chi connectivity index (χ3n) is 6.17. The molecule has 158 valence electrons. The summed E-state index contributed by atoms with van der Waals surface area (Å²) in [6.45, 7) is 4.45. The van der Waals surface area contributed by atoms with E-state index in [0.29, 0.717) is 19.5 Å². The largest absolute Gasteiger partial charge is 0.354 e. The van der Waals surface area contributed by atoms with Crippen LogP contribution in [0.2, 0.25) is 0 Å². The zero-order valence-electron chi connectivity index (χ0n) is 17.6. The van der Waals surface area contributed by atoms with Crippen molar-refractivity contribution in [2.45, 2.75) is 44.7 Å². The van der Waals surface area contributed by atoms with Gasteiger partial charge in [0, 0.05) is 13.1 Å². The van der Waals surface area contributed by atoms with Crippen LogP contribution in [0.25, 0.3) is 0 Å². The monoisotopic (exact) mass is 405 g/mol. The van der Waals surface area contributed by atoms with Gasteiger partial charge in [-0.1, -0.05) is 61.0 Å². The molecule has 30 heavy (non-hydrogen) atoms. The minimum atomic E-state index is -0.572. The average Bonchev–Trinajstić information content (AvgIpc) is 2.78. The SMILES string of the molecule is O=C(NCCCN1CCCCC1)[C@H]1c2ccccc2CC(=O)N1Cc1ccccc1. The Labute approximate surface area is 179 Å². The quantitative estimate of drug-likeness (QED) is 0.719. The molecule has 2 aromatic carbocycles. The number of nitrogens with zero attached hydrogens (tertiary/aromatic N) is 2. The molecule has 5 nitrogen and oxygen atoms in total. The molecule has 5 heteroatoms. The number of hydrogen-bond acceptors (Lipinski definition) is 3. The van der Waals surface area contributed by atoms with Gasteiger partial charge in [0.05, 0.1) is 6.42 Å². The van der Waals surface area contributed by atoms with E-state index < -0.39 is 6.04 Å². The van der Waals surface area contributed by atoms with E-state index in [1.165, 1.54) is 32.4 Å². The number of carbonyl (C=O) groups is 2. The lowest BCUT2D eigenvalue weighted by Gasteiger charge is -2.36. The minimum Gasteiger partial charge on any atom is -0.354 e. The summed E-state index contributed by atoms with van der Waals surface area (Å²) >= 11 is 0. The molecule has 2 aliphatic rings. The highest BCUT2D eigenvalue weighted by Crippen LogP contribution is 2.32. The minimum absolute atomic E-state index is 0.00557. The van der Waals surface area contributed by atoms with Crippen LogP contribution in [-0.4, -0.2) is 47.8 Å². The lowest BCUT2D eigenvalue weighted by atomic mass is 9.91. The van der Waals surface area contributed by atoms with Gasteiger partial charge in [-0.25, -0.2) is 0 Å². The average molecular weight is 406 g/mol. The number of nitrogens with one attached hydrogen (secondary N) is 1. The standard InChI is InChI=1S/C25H31N3O2/c29-23-18-21-12-5-6-13-22(21)24(28(23)19-20-10-3-1-4-11-20)25(30)26-14-9-17-27-15-7-2-8-16-27/h1,3-6,10-13,24H,2,7-9,14-19H2,(H,26,30)/t24-/m1/s1. The Balaban J connectivity index is 1.44. The van der Waals surface area contributed by atoms with Crippen LogP contribution in [0.3, 0.4) is 0 Å². The summed E-state index contributed by atoms with van der Waals surface area (Å²) in [4.78, 5) is 30.4. The van der Waals surface area contributed by atoms with Gasteiger partial charge in [-0.15, -0.1) is 0 Å². The third-order valence-corrected chi connectivity index (χ3v) is 6.17. The predicted molar refractivity (Wildman–Crippen MR) is 118 cm³/mol. The number of fused-ring (bicyclic) bond motifs is 1. The summed E-state index contributed by atoms with van der Waals surface area (Å²) in [7, 11) is 0. The molecule has 2 aromatic rings. The summed E-state index contributed by atoms with van der Waals surface area (Å²) in [5, 5.41) is 3.11. The van der Waals surface area contributed by atoms with Gasteiger partial charge >= 0.3 is 0 Å². The lowest BCUT2D eigenvalue weighted by Crippen LogP contribution is -2.47. The zero-order chi connectivity index (χ0) is 20.8. The highest BCUT2D eigenvalue weighted by Gasteiger charge is 2.36. The first-order valence-electron chi connectivity index (χ1n) is 11.1. The molecule has 0 aromatic heterocycles. The molecular weight excluding hydrogens is 374 g/mol. The summed E-state index contributed by atoms with van der Waals surface area (Å²) < 4.78 is 0. The van der Waals surface area contributed by atoms with Crippen LogP contribution in [-0.2, 0) is 22.6 Å². The fourth-order valence-corrected chi connectivity index (χ4v) is 4.57. The fourth-order valence-electron chi connectivity index (χ4n) is 4.57. The first-order valence-corrected chi connectivity index (χ1v) is 11.1. The molecule has 0 aliphatic carbocycles. The van der Waals surface area contributed by atoms with E-state index in [0.717, 1.165) is 29.7 Å². The van der Waals surface area contributed by atoms with Crippen molar-refractivity contribution in [3.63, 3.8) is 0 Å². The summed E-state index contributed by atoms with van der Waals surface area (Å²) in [6.07, 6.45) is 5.18. The molecule has 0 spiro atoms. The molecule has 0 unspecified atom stereocenters. The van der Waals surface area contributed by atoms with Crippen molar-refractivity contribution >= 4 is 11.8 Å². The Morgan fingerprint density at radius 1 is 0.967 bits per heavy atom. The van der Waals surface area contributed by atoms with Crippen LogP contribution in [0.1, 0.15) is 48.4 Å². The Morgan fingerprint density at radius 2 is 1.70 bits per heavy atom. The van der Waals surface area contributed by atoms with E-state index in [4.69, 9.17) is 0 Å². The molecule has 2 heterocycles. The second-order valence-electron chi connectivity index (χ2n) is 8.33. The molecule has 1 N–H and O–H groups in total. The third kappa shape index (κ3) is 4.90. The highest BCUT2D eigenvalue weighted by atomic mass is 16.2. The number of piperidine rings is 1. The van der Waals surface area contributed by atoms with Gasteiger partial charge in [-0.2, -0.15) is 0 Å². The van der Waals surface area contributed by atoms with E-state index in [2.05, 4.69) is 10.2 Å². The van der Waals surface area contributed by atoms with Crippen LogP contribution >= 0.6 is 0 Å². The summed E-state index contributed by atoms with van der Waals surface area (Å²) in [5.41, 5.74) is 2.94. The van der Waals surface area contributed by atoms with Crippen molar-refractivity contribution in [3.8, 4) is 0 Å². The van der Waals surface area contributed by atoms with E-state index in [-0.39, 0.29) is 11.8 Å². The molecule has 0 bridgehead atoms. The van der Waals surface area contributed by atoms with Gasteiger partial charge in [0.25, 0.3) is 0 Å². The van der Waals surface area contributed by atoms with Gasteiger partial charge in [-0.05, 0) is 55.6 Å². The van der Waals surface area contributed by atoms with Gasteiger partial charge in [0.2, 0.25) is 11.8 Å². The maximum Gasteiger partial charge on any atom is 0.247 e. The van der Waals surface area contributed by atoms with E-state index >= 15 is 0 Å². The topological polar surface area (TPSA) is 52.7 Å². The van der Waals surface area contributed by atoms with Crippen molar-refractivity contribution in [1.29, 1.82) is 0 Å². The van der Waals surface area contributed by atoms with Gasteiger partial charge in [-0.3, -0.25) is 9.59 Å². The number of carbonyl (C=O) groups excluding carboxylic acids is 2. The first kappa shape index (κ1) is 20.6. The number of amides is 2. The molecule has 1 saturated heterocycles. The zero-order valence-corrected chi connectivity index (χ0v) is 17.6. The van der Waals surface area contributed by atoms with Crippen molar-refractivity contribution in [1.82, 2.24) is 15.1 Å². The smallest absolute Gasteiger partial charge is 0.247 e. The predicted octanol–water partition coefficient (Wildman–Crippen LogP) is 3.30. The second-order valence-corrected chi connectivity index (χ2v) is 8.33. The molecule has 2 aliphatic heterocycles. The van der Waals surface area contributed by atoms with Crippen LogP contribution in [0.4, 0.5) is 0 Å². The van der Waals surface area contributed by atoms with Crippen molar-refractivity contribution in [2.24, 2.45) is 0 Å². The molecule has 4 rings (SSSR count). The van der Waals surface area contributed by atoms with Crippen LogP contribution in [0.5, 0.6) is 0 Å². The van der Waals surface area contributed by atoms with Gasteiger partial charge in [0.15, 0.2) is 0 Å². The van der Waals surface area contributed by atoms with E-state index in [1.54, 1.807) is 4.90 Å². The number of likely N-dealkylation sites (tertiary alicyclic amines) is 1.